The molecule has 0 radical (unpaired) electrons. The van der Waals surface area contributed by atoms with E-state index in [1.54, 1.807) is 17.6 Å². The second-order valence-corrected chi connectivity index (χ2v) is 22.0. The third kappa shape index (κ3) is 6.36. The van der Waals surface area contributed by atoms with Crippen molar-refractivity contribution >= 4 is 24.8 Å². The van der Waals surface area contributed by atoms with Crippen LogP contribution >= 0.6 is 0 Å². The maximum atomic E-state index is 2.60. The molecule has 0 unspecified atom stereocenters. The van der Waals surface area contributed by atoms with E-state index in [0.717, 1.165) is 6.42 Å². The van der Waals surface area contributed by atoms with Crippen molar-refractivity contribution in [2.75, 3.05) is 0 Å². The van der Waals surface area contributed by atoms with Crippen LogP contribution in [0.25, 0.3) is 32.7 Å². The molecule has 50 heavy (non-hydrogen) atoms. The Bertz CT molecular complexity index is 2190. The number of rotatable bonds is 4. The Labute approximate surface area is 318 Å². The van der Waals surface area contributed by atoms with Crippen LogP contribution in [-0.2, 0) is 32.1 Å². The van der Waals surface area contributed by atoms with Gasteiger partial charge in [-0.1, -0.05) is 0 Å². The first-order valence-electron chi connectivity index (χ1n) is 17.5. The van der Waals surface area contributed by atoms with Crippen LogP contribution in [0.5, 0.6) is 0 Å². The van der Waals surface area contributed by atoms with E-state index in [4.69, 9.17) is 0 Å². The predicted molar refractivity (Wildman–Crippen MR) is 204 cm³/mol. The van der Waals surface area contributed by atoms with Gasteiger partial charge in [0.25, 0.3) is 0 Å². The van der Waals surface area contributed by atoms with Crippen molar-refractivity contribution < 1.29 is 46.1 Å². The maximum absolute atomic E-state index is 2.93. The normalized spacial score (nSPS) is 13.6. The summed E-state index contributed by atoms with van der Waals surface area (Å²) in [4.78, 5) is 0. The number of halogens is 2. The molecular weight excluding hydrogens is 727 g/mol. The third-order valence-electron chi connectivity index (χ3n) is 10.5. The largest absolute Gasteiger partial charge is 1.00 e. The average Bonchev–Trinajstić information content (AvgIpc) is 3.72. The van der Waals surface area contributed by atoms with Gasteiger partial charge in [0.15, 0.2) is 0 Å². The summed E-state index contributed by atoms with van der Waals surface area (Å²) in [5.74, 6) is 0. The summed E-state index contributed by atoms with van der Waals surface area (Å²) in [6, 6.07) is 46.9. The molecule has 0 saturated heterocycles. The molecule has 0 atom stereocenters. The smallest absolute Gasteiger partial charge is 1.00 e. The molecule has 2 aliphatic carbocycles. The van der Waals surface area contributed by atoms with Gasteiger partial charge >= 0.3 is 296 Å². The summed E-state index contributed by atoms with van der Waals surface area (Å²) < 4.78 is 3.66. The molecule has 0 spiro atoms. The summed E-state index contributed by atoms with van der Waals surface area (Å²) in [6.07, 6.45) is 8.28. The number of allylic oxidation sites excluding steroid dienone is 4. The van der Waals surface area contributed by atoms with Gasteiger partial charge in [0, 0.05) is 0 Å². The minimum absolute atomic E-state index is 0. The van der Waals surface area contributed by atoms with Gasteiger partial charge in [0.05, 0.1) is 0 Å². The summed E-state index contributed by atoms with van der Waals surface area (Å²) >= 11 is -2.93. The Kier molecular flexibility index (Phi) is 10.2. The van der Waals surface area contributed by atoms with Gasteiger partial charge in [-0.05, 0) is 0 Å². The Morgan fingerprint density at radius 1 is 0.560 bits per heavy atom. The van der Waals surface area contributed by atoms with Crippen molar-refractivity contribution in [1.29, 1.82) is 0 Å². The van der Waals surface area contributed by atoms with Crippen molar-refractivity contribution in [2.45, 2.75) is 62.4 Å². The SMILES string of the molecule is CC(C)(C)c1ccc2c(c1)[CH]([Zr+2]([C]1=CC=CC1)=[C](c1cccc3ccccc13)c1cccc3ccccc13)c1cc(C(C)(C)C)ccc1-2.[Cl-].[Cl-]. The second-order valence-electron chi connectivity index (χ2n) is 15.7. The van der Waals surface area contributed by atoms with Gasteiger partial charge in [-0.3, -0.25) is 0 Å². The summed E-state index contributed by atoms with van der Waals surface area (Å²) in [7, 11) is 0. The maximum Gasteiger partial charge on any atom is -1.00 e. The van der Waals surface area contributed by atoms with Gasteiger partial charge in [-0.2, -0.15) is 0 Å². The van der Waals surface area contributed by atoms with Gasteiger partial charge in [0.1, 0.15) is 0 Å². The van der Waals surface area contributed by atoms with E-state index < -0.39 is 21.3 Å². The van der Waals surface area contributed by atoms with Gasteiger partial charge in [0.2, 0.25) is 0 Å². The quantitative estimate of drug-likeness (QED) is 0.195. The molecule has 0 nitrogen and oxygen atoms in total. The molecule has 250 valence electrons. The fourth-order valence-electron chi connectivity index (χ4n) is 7.96. The van der Waals surface area contributed by atoms with E-state index >= 15 is 0 Å². The van der Waals surface area contributed by atoms with Crippen LogP contribution in [0.15, 0.2) is 143 Å². The molecule has 8 rings (SSSR count). The predicted octanol–water partition coefficient (Wildman–Crippen LogP) is 6.40. The van der Waals surface area contributed by atoms with Gasteiger partial charge in [-0.15, -0.1) is 0 Å². The molecule has 6 aromatic carbocycles. The molecule has 0 amide bonds. The van der Waals surface area contributed by atoms with E-state index in [0.29, 0.717) is 3.63 Å². The van der Waals surface area contributed by atoms with Crippen molar-refractivity contribution in [2.24, 2.45) is 0 Å². The summed E-state index contributed by atoms with van der Waals surface area (Å²) in [5, 5.41) is 5.34. The van der Waals surface area contributed by atoms with E-state index in [1.807, 2.05) is 0 Å². The second kappa shape index (κ2) is 14.0. The summed E-state index contributed by atoms with van der Waals surface area (Å²) in [5.41, 5.74) is 11.8. The molecule has 0 saturated carbocycles. The zero-order valence-electron chi connectivity index (χ0n) is 29.8. The molecular formula is C47H44Cl2Zr. The molecule has 0 aliphatic heterocycles. The van der Waals surface area contributed by atoms with Crippen LogP contribution in [0.4, 0.5) is 0 Å². The standard InChI is InChI=1S/C21H14.C21H25.C5H5.2ClH.Zr/c1-3-13-20-16(7-1)9-5-11-18(20)15-19-12-6-10-17-8-2-4-14-21(17)19;1-20(2,3)16-7-9-18-14(12-16)11-15-13-17(21(4,5)6)8-10-19(15)18;1-2-4-5-3-1;;;/h1-14H;7-13H,1-6H3;1-3H,4H2;2*1H;/q;;;;;+2/p-2. The van der Waals surface area contributed by atoms with E-state index in [2.05, 4.69) is 181 Å². The molecule has 6 aromatic rings. The zero-order valence-corrected chi connectivity index (χ0v) is 33.8. The van der Waals surface area contributed by atoms with E-state index in [1.165, 1.54) is 54.9 Å². The molecule has 3 heteroatoms. The minimum atomic E-state index is -2.93. The first-order valence-corrected chi connectivity index (χ1v) is 21.3. The number of fused-ring (bicyclic) bond motifs is 5. The fourth-order valence-corrected chi connectivity index (χ4v) is 17.1. The van der Waals surface area contributed by atoms with Crippen LogP contribution in [-0.4, -0.2) is 3.21 Å². The Morgan fingerprint density at radius 3 is 1.46 bits per heavy atom. The van der Waals surface area contributed by atoms with Crippen molar-refractivity contribution in [3.63, 3.8) is 0 Å². The molecule has 0 N–H and O–H groups in total. The Balaban J connectivity index is 0.00000216. The Morgan fingerprint density at radius 2 is 1.02 bits per heavy atom. The first-order chi connectivity index (χ1) is 23.1. The zero-order chi connectivity index (χ0) is 33.2. The molecule has 0 fully saturated rings. The van der Waals surface area contributed by atoms with Gasteiger partial charge < -0.3 is 24.8 Å². The molecule has 0 bridgehead atoms. The Hall–Kier alpha value is -3.35. The first kappa shape index (κ1) is 36.4. The van der Waals surface area contributed by atoms with Crippen molar-refractivity contribution in [3.8, 4) is 11.1 Å². The van der Waals surface area contributed by atoms with Crippen LogP contribution in [0.1, 0.15) is 85.0 Å². The number of hydrogen-bond donors (Lipinski definition) is 0. The van der Waals surface area contributed by atoms with Crippen LogP contribution < -0.4 is 24.8 Å². The minimum Gasteiger partial charge on any atom is -1.00 e. The van der Waals surface area contributed by atoms with Gasteiger partial charge in [-0.25, -0.2) is 0 Å². The molecule has 0 aromatic heterocycles. The van der Waals surface area contributed by atoms with E-state index in [9.17, 15) is 0 Å². The van der Waals surface area contributed by atoms with Crippen molar-refractivity contribution in [1.82, 2.24) is 0 Å². The monoisotopic (exact) mass is 768 g/mol. The molecule has 2 aliphatic rings. The summed E-state index contributed by atoms with van der Waals surface area (Å²) in [6.45, 7) is 14.1. The van der Waals surface area contributed by atoms with Crippen LogP contribution in [0.3, 0.4) is 0 Å². The third-order valence-corrected chi connectivity index (χ3v) is 18.7. The fraction of sp³-hybridized carbons (Fsp3) is 0.213. The molecule has 0 heterocycles. The van der Waals surface area contributed by atoms with E-state index in [-0.39, 0.29) is 35.6 Å². The van der Waals surface area contributed by atoms with Crippen LogP contribution in [0.2, 0.25) is 0 Å². The van der Waals surface area contributed by atoms with Crippen molar-refractivity contribution in [3.05, 3.63) is 176 Å². The number of hydrogen-bond acceptors (Lipinski definition) is 0. The average molecular weight is 771 g/mol. The van der Waals surface area contributed by atoms with Crippen LogP contribution in [0, 0.1) is 0 Å². The topological polar surface area (TPSA) is 0 Å². The number of benzene rings is 6.